The second kappa shape index (κ2) is 3.47. The third-order valence-corrected chi connectivity index (χ3v) is 3.50. The minimum atomic E-state index is -3.70. The summed E-state index contributed by atoms with van der Waals surface area (Å²) in [6.07, 6.45) is 1.64. The fraction of sp³-hybridized carbons (Fsp3) is 0.100. The summed E-state index contributed by atoms with van der Waals surface area (Å²) in [5.74, 6) is 0. The van der Waals surface area contributed by atoms with Crippen LogP contribution >= 0.6 is 10.7 Å². The van der Waals surface area contributed by atoms with Gasteiger partial charge in [-0.1, -0.05) is 12.1 Å². The molecule has 0 saturated heterocycles. The Bertz CT molecular complexity index is 622. The van der Waals surface area contributed by atoms with Gasteiger partial charge in [0.15, 0.2) is 0 Å². The molecule has 0 radical (unpaired) electrons. The van der Waals surface area contributed by atoms with E-state index in [4.69, 9.17) is 10.7 Å². The van der Waals surface area contributed by atoms with E-state index in [-0.39, 0.29) is 4.90 Å². The average Bonchev–Trinajstić information content (AvgIpc) is 2.15. The lowest BCUT2D eigenvalue weighted by molar-refractivity contribution is 0.610. The maximum Gasteiger partial charge on any atom is 0.261 e. The van der Waals surface area contributed by atoms with Gasteiger partial charge in [-0.2, -0.15) is 0 Å². The summed E-state index contributed by atoms with van der Waals surface area (Å²) in [4.78, 5) is 4.22. The topological polar surface area (TPSA) is 47.0 Å². The van der Waals surface area contributed by atoms with Crippen molar-refractivity contribution < 1.29 is 8.42 Å². The van der Waals surface area contributed by atoms with E-state index in [9.17, 15) is 8.42 Å². The largest absolute Gasteiger partial charge is 0.261 e. The molecule has 0 aliphatic heterocycles. The lowest BCUT2D eigenvalue weighted by atomic mass is 10.1. The van der Waals surface area contributed by atoms with E-state index >= 15 is 0 Å². The molecule has 15 heavy (non-hydrogen) atoms. The molecule has 1 aromatic heterocycles. The molecule has 1 aromatic carbocycles. The summed E-state index contributed by atoms with van der Waals surface area (Å²) in [6, 6.07) is 6.65. The van der Waals surface area contributed by atoms with E-state index in [0.717, 1.165) is 11.1 Å². The molecule has 0 N–H and O–H groups in total. The molecule has 0 aliphatic rings. The van der Waals surface area contributed by atoms with Gasteiger partial charge in [0.2, 0.25) is 0 Å². The van der Waals surface area contributed by atoms with Crippen LogP contribution in [0.1, 0.15) is 5.69 Å². The van der Waals surface area contributed by atoms with Crippen LogP contribution in [-0.4, -0.2) is 13.4 Å². The predicted molar refractivity (Wildman–Crippen MR) is 59.5 cm³/mol. The maximum atomic E-state index is 11.3. The van der Waals surface area contributed by atoms with Gasteiger partial charge < -0.3 is 0 Å². The molecular formula is C10H8ClNO2S. The Labute approximate surface area is 92.1 Å². The van der Waals surface area contributed by atoms with Crippen molar-refractivity contribution in [2.24, 2.45) is 0 Å². The van der Waals surface area contributed by atoms with Crippen LogP contribution in [0.3, 0.4) is 0 Å². The summed E-state index contributed by atoms with van der Waals surface area (Å²) in [7, 11) is 1.64. The SMILES string of the molecule is Cc1cc2c(S(=O)(=O)Cl)cccc2cn1. The van der Waals surface area contributed by atoms with Crippen molar-refractivity contribution in [1.29, 1.82) is 0 Å². The first-order valence-electron chi connectivity index (χ1n) is 4.28. The molecule has 2 aromatic rings. The number of aromatic nitrogens is 1. The van der Waals surface area contributed by atoms with Crippen molar-refractivity contribution in [3.8, 4) is 0 Å². The molecular weight excluding hydrogens is 234 g/mol. The minimum absolute atomic E-state index is 0.132. The van der Waals surface area contributed by atoms with Crippen LogP contribution in [0, 0.1) is 6.92 Å². The van der Waals surface area contributed by atoms with Crippen LogP contribution < -0.4 is 0 Å². The number of nitrogens with zero attached hydrogens (tertiary/aromatic N) is 1. The highest BCUT2D eigenvalue weighted by atomic mass is 35.7. The van der Waals surface area contributed by atoms with Crippen molar-refractivity contribution in [2.75, 3.05) is 0 Å². The monoisotopic (exact) mass is 241 g/mol. The molecule has 0 spiro atoms. The lowest BCUT2D eigenvalue weighted by Gasteiger charge is -2.03. The van der Waals surface area contributed by atoms with E-state index in [0.29, 0.717) is 5.39 Å². The van der Waals surface area contributed by atoms with E-state index < -0.39 is 9.05 Å². The zero-order valence-electron chi connectivity index (χ0n) is 7.94. The van der Waals surface area contributed by atoms with Gasteiger partial charge in [0.1, 0.15) is 0 Å². The molecule has 0 aliphatic carbocycles. The Hall–Kier alpha value is -1.13. The standard InChI is InChI=1S/C10H8ClNO2S/c1-7-5-9-8(6-12-7)3-2-4-10(9)15(11,13)14/h2-6H,1H3. The number of halogens is 1. The Morgan fingerprint density at radius 2 is 2.07 bits per heavy atom. The first kappa shape index (κ1) is 10.4. The number of rotatable bonds is 1. The van der Waals surface area contributed by atoms with Gasteiger partial charge in [0.25, 0.3) is 9.05 Å². The summed E-state index contributed by atoms with van der Waals surface area (Å²) in [5.41, 5.74) is 0.760. The number of fused-ring (bicyclic) bond motifs is 1. The molecule has 2 rings (SSSR count). The highest BCUT2D eigenvalue weighted by Crippen LogP contribution is 2.25. The van der Waals surface area contributed by atoms with E-state index in [1.54, 1.807) is 31.3 Å². The third-order valence-electron chi connectivity index (χ3n) is 2.12. The number of hydrogen-bond donors (Lipinski definition) is 0. The zero-order valence-corrected chi connectivity index (χ0v) is 9.51. The first-order chi connectivity index (χ1) is 6.98. The molecule has 5 heteroatoms. The van der Waals surface area contributed by atoms with Gasteiger partial charge in [-0.05, 0) is 19.1 Å². The van der Waals surface area contributed by atoms with E-state index in [1.165, 1.54) is 6.07 Å². The van der Waals surface area contributed by atoms with Crippen LogP contribution in [0.4, 0.5) is 0 Å². The fourth-order valence-corrected chi connectivity index (χ4v) is 2.54. The third kappa shape index (κ3) is 1.96. The highest BCUT2D eigenvalue weighted by molar-refractivity contribution is 8.14. The minimum Gasteiger partial charge on any atom is -0.261 e. The van der Waals surface area contributed by atoms with Crippen molar-refractivity contribution >= 4 is 30.5 Å². The average molecular weight is 242 g/mol. The second-order valence-corrected chi connectivity index (χ2v) is 5.78. The molecule has 0 bridgehead atoms. The predicted octanol–water partition coefficient (Wildman–Crippen LogP) is 2.47. The molecule has 0 unspecified atom stereocenters. The van der Waals surface area contributed by atoms with Crippen molar-refractivity contribution in [1.82, 2.24) is 4.98 Å². The molecule has 0 saturated carbocycles. The normalized spacial score (nSPS) is 11.9. The summed E-state index contributed by atoms with van der Waals surface area (Å²) >= 11 is 0. The van der Waals surface area contributed by atoms with Crippen LogP contribution in [0.15, 0.2) is 35.4 Å². The molecule has 1 heterocycles. The Morgan fingerprint density at radius 3 is 2.73 bits per heavy atom. The van der Waals surface area contributed by atoms with Crippen LogP contribution in [0.2, 0.25) is 0 Å². The van der Waals surface area contributed by atoms with Gasteiger partial charge >= 0.3 is 0 Å². The van der Waals surface area contributed by atoms with Gasteiger partial charge in [-0.25, -0.2) is 8.42 Å². The van der Waals surface area contributed by atoms with Crippen LogP contribution in [0.5, 0.6) is 0 Å². The molecule has 0 amide bonds. The number of benzene rings is 1. The van der Waals surface area contributed by atoms with E-state index in [2.05, 4.69) is 4.98 Å². The van der Waals surface area contributed by atoms with Gasteiger partial charge in [-0.15, -0.1) is 0 Å². The fourth-order valence-electron chi connectivity index (χ4n) is 1.46. The van der Waals surface area contributed by atoms with Gasteiger partial charge in [0.05, 0.1) is 4.90 Å². The van der Waals surface area contributed by atoms with Gasteiger partial charge in [-0.3, -0.25) is 4.98 Å². The summed E-state index contributed by atoms with van der Waals surface area (Å²) in [5, 5.41) is 1.38. The van der Waals surface area contributed by atoms with Gasteiger partial charge in [0, 0.05) is 33.3 Å². The summed E-state index contributed by atoms with van der Waals surface area (Å²) in [6.45, 7) is 1.80. The quantitative estimate of drug-likeness (QED) is 0.721. The molecule has 78 valence electrons. The van der Waals surface area contributed by atoms with Crippen molar-refractivity contribution in [3.63, 3.8) is 0 Å². The Morgan fingerprint density at radius 1 is 1.33 bits per heavy atom. The first-order valence-corrected chi connectivity index (χ1v) is 6.59. The molecule has 3 nitrogen and oxygen atoms in total. The number of hydrogen-bond acceptors (Lipinski definition) is 3. The smallest absolute Gasteiger partial charge is 0.261 e. The van der Waals surface area contributed by atoms with Crippen LogP contribution in [-0.2, 0) is 9.05 Å². The zero-order chi connectivity index (χ0) is 11.1. The Kier molecular flexibility index (Phi) is 2.40. The number of pyridine rings is 1. The second-order valence-electron chi connectivity index (χ2n) is 3.24. The van der Waals surface area contributed by atoms with Crippen molar-refractivity contribution in [2.45, 2.75) is 11.8 Å². The Balaban J connectivity index is 2.92. The maximum absolute atomic E-state index is 11.3. The van der Waals surface area contributed by atoms with E-state index in [1.807, 2.05) is 0 Å². The highest BCUT2D eigenvalue weighted by Gasteiger charge is 2.13. The molecule has 0 atom stereocenters. The number of aryl methyl sites for hydroxylation is 1. The summed E-state index contributed by atoms with van der Waals surface area (Å²) < 4.78 is 22.6. The van der Waals surface area contributed by atoms with Crippen LogP contribution in [0.25, 0.3) is 10.8 Å². The molecule has 0 fully saturated rings. The lowest BCUT2D eigenvalue weighted by Crippen LogP contribution is -1.93. The van der Waals surface area contributed by atoms with Crippen molar-refractivity contribution in [3.05, 3.63) is 36.2 Å².